The highest BCUT2D eigenvalue weighted by molar-refractivity contribution is 5.94. The molecule has 7 heteroatoms. The monoisotopic (exact) mass is 428 g/mol. The molecule has 1 N–H and O–H groups in total. The van der Waals surface area contributed by atoms with Gasteiger partial charge in [-0.3, -0.25) is 9.59 Å². The molecule has 2 aromatic rings. The van der Waals surface area contributed by atoms with Crippen LogP contribution in [0.2, 0.25) is 0 Å². The van der Waals surface area contributed by atoms with Gasteiger partial charge in [-0.15, -0.1) is 0 Å². The minimum absolute atomic E-state index is 0.0920. The number of likely N-dealkylation sites (N-methyl/N-ethyl adjacent to an activating group) is 1. The highest BCUT2D eigenvalue weighted by atomic mass is 16.5. The molecule has 2 aromatic carbocycles. The van der Waals surface area contributed by atoms with E-state index in [0.29, 0.717) is 36.1 Å². The molecule has 0 aliphatic heterocycles. The number of anilines is 1. The maximum absolute atomic E-state index is 12.4. The van der Waals surface area contributed by atoms with Crippen LogP contribution in [0, 0.1) is 20.8 Å². The smallest absolute Gasteiger partial charge is 0.260 e. The molecule has 0 aliphatic carbocycles. The molecule has 0 spiro atoms. The molecule has 0 atom stereocenters. The van der Waals surface area contributed by atoms with Crippen LogP contribution in [-0.4, -0.2) is 50.1 Å². The van der Waals surface area contributed by atoms with Crippen LogP contribution < -0.4 is 19.5 Å². The van der Waals surface area contributed by atoms with Gasteiger partial charge >= 0.3 is 0 Å². The van der Waals surface area contributed by atoms with Crippen molar-refractivity contribution in [3.63, 3.8) is 0 Å². The molecule has 0 aliphatic rings. The van der Waals surface area contributed by atoms with Crippen LogP contribution in [0.5, 0.6) is 17.2 Å². The van der Waals surface area contributed by atoms with Crippen LogP contribution in [0.3, 0.4) is 0 Å². The van der Waals surface area contributed by atoms with E-state index < -0.39 is 0 Å². The highest BCUT2D eigenvalue weighted by Gasteiger charge is 2.16. The third-order valence-electron chi connectivity index (χ3n) is 4.58. The second-order valence-electron chi connectivity index (χ2n) is 7.34. The molecule has 0 bridgehead atoms. The fourth-order valence-electron chi connectivity index (χ4n) is 3.27. The number of carbonyl (C=O) groups is 2. The highest BCUT2D eigenvalue weighted by Crippen LogP contribution is 2.30. The first-order chi connectivity index (χ1) is 14.7. The van der Waals surface area contributed by atoms with Crippen LogP contribution in [0.25, 0.3) is 0 Å². The Bertz CT molecular complexity index is 903. The summed E-state index contributed by atoms with van der Waals surface area (Å²) < 4.78 is 16.8. The normalized spacial score (nSPS) is 10.4. The van der Waals surface area contributed by atoms with Gasteiger partial charge in [-0.05, 0) is 57.9 Å². The summed E-state index contributed by atoms with van der Waals surface area (Å²) in [5.74, 6) is 1.29. The van der Waals surface area contributed by atoms with Gasteiger partial charge in [0.05, 0.1) is 19.8 Å². The molecule has 168 valence electrons. The van der Waals surface area contributed by atoms with Crippen molar-refractivity contribution in [1.82, 2.24) is 4.90 Å². The van der Waals surface area contributed by atoms with Crippen LogP contribution in [0.4, 0.5) is 5.69 Å². The molecule has 0 heterocycles. The molecular formula is C24H32N2O5. The van der Waals surface area contributed by atoms with Crippen molar-refractivity contribution in [3.05, 3.63) is 47.0 Å². The van der Waals surface area contributed by atoms with E-state index in [0.717, 1.165) is 16.7 Å². The zero-order valence-electron chi connectivity index (χ0n) is 19.2. The maximum atomic E-state index is 12.4. The van der Waals surface area contributed by atoms with Crippen LogP contribution in [0.15, 0.2) is 30.3 Å². The number of rotatable bonds is 10. The number of ether oxygens (including phenoxy) is 3. The molecule has 0 fully saturated rings. The summed E-state index contributed by atoms with van der Waals surface area (Å²) in [4.78, 5) is 26.2. The predicted molar refractivity (Wildman–Crippen MR) is 121 cm³/mol. The number of carbonyl (C=O) groups excluding carboxylic acids is 2. The van der Waals surface area contributed by atoms with Crippen LogP contribution >= 0.6 is 0 Å². The summed E-state index contributed by atoms with van der Waals surface area (Å²) in [6, 6.07) is 9.22. The zero-order chi connectivity index (χ0) is 23.0. The van der Waals surface area contributed by atoms with E-state index in [2.05, 4.69) is 5.32 Å². The molecular weight excluding hydrogens is 396 g/mol. The van der Waals surface area contributed by atoms with Gasteiger partial charge in [0, 0.05) is 18.8 Å². The summed E-state index contributed by atoms with van der Waals surface area (Å²) >= 11 is 0. The summed E-state index contributed by atoms with van der Waals surface area (Å²) in [7, 11) is 1.57. The molecule has 2 rings (SSSR count). The lowest BCUT2D eigenvalue weighted by Gasteiger charge is -2.19. The van der Waals surface area contributed by atoms with E-state index in [1.54, 1.807) is 25.2 Å². The van der Waals surface area contributed by atoms with Crippen molar-refractivity contribution >= 4 is 17.5 Å². The Hall–Kier alpha value is -3.22. The molecule has 2 amide bonds. The Morgan fingerprint density at radius 3 is 2.13 bits per heavy atom. The van der Waals surface area contributed by atoms with E-state index in [1.165, 1.54) is 4.90 Å². The van der Waals surface area contributed by atoms with Crippen molar-refractivity contribution in [1.29, 1.82) is 0 Å². The van der Waals surface area contributed by atoms with Gasteiger partial charge in [0.2, 0.25) is 5.91 Å². The Balaban J connectivity index is 1.93. The Kier molecular flexibility index (Phi) is 8.73. The van der Waals surface area contributed by atoms with Gasteiger partial charge < -0.3 is 24.4 Å². The number of nitrogens with zero attached hydrogens (tertiary/aromatic N) is 1. The van der Waals surface area contributed by atoms with Gasteiger partial charge in [-0.2, -0.15) is 0 Å². The van der Waals surface area contributed by atoms with Gasteiger partial charge in [0.15, 0.2) is 18.1 Å². The number of aryl methyl sites for hydroxylation is 3. The Morgan fingerprint density at radius 1 is 0.903 bits per heavy atom. The minimum atomic E-state index is -0.315. The van der Waals surface area contributed by atoms with Crippen LogP contribution in [0.1, 0.15) is 30.5 Å². The van der Waals surface area contributed by atoms with E-state index in [1.807, 2.05) is 46.8 Å². The molecule has 0 saturated heterocycles. The molecule has 0 saturated carbocycles. The number of amides is 2. The standard InChI is InChI=1S/C24H32N2O5/c1-7-29-20-10-9-19(13-21(20)30-8-2)25-22(27)14-26(6)23(28)15-31-24-17(4)11-16(3)12-18(24)5/h9-13H,7-8,14-15H2,1-6H3,(H,25,27). The average Bonchev–Trinajstić information content (AvgIpc) is 2.69. The zero-order valence-corrected chi connectivity index (χ0v) is 19.2. The fraction of sp³-hybridized carbons (Fsp3) is 0.417. The topological polar surface area (TPSA) is 77.1 Å². The van der Waals surface area contributed by atoms with Crippen LogP contribution in [-0.2, 0) is 9.59 Å². The maximum Gasteiger partial charge on any atom is 0.260 e. The molecule has 0 unspecified atom stereocenters. The lowest BCUT2D eigenvalue weighted by molar-refractivity contribution is -0.135. The van der Waals surface area contributed by atoms with E-state index in [4.69, 9.17) is 14.2 Å². The van der Waals surface area contributed by atoms with E-state index >= 15 is 0 Å². The van der Waals surface area contributed by atoms with Gasteiger partial charge in [0.1, 0.15) is 5.75 Å². The molecule has 31 heavy (non-hydrogen) atoms. The van der Waals surface area contributed by atoms with Gasteiger partial charge in [-0.25, -0.2) is 0 Å². The summed E-state index contributed by atoms with van der Waals surface area (Å²) in [6.07, 6.45) is 0. The van der Waals surface area contributed by atoms with Crippen molar-refractivity contribution in [2.45, 2.75) is 34.6 Å². The number of benzene rings is 2. The first-order valence-electron chi connectivity index (χ1n) is 10.4. The van der Waals surface area contributed by atoms with Crippen molar-refractivity contribution in [2.75, 3.05) is 38.7 Å². The summed E-state index contributed by atoms with van der Waals surface area (Å²) in [6.45, 7) is 10.5. The third-order valence-corrected chi connectivity index (χ3v) is 4.58. The van der Waals surface area contributed by atoms with Crippen molar-refractivity contribution in [2.24, 2.45) is 0 Å². The molecule has 0 radical (unpaired) electrons. The Labute approximate surface area is 184 Å². The third kappa shape index (κ3) is 6.91. The molecule has 7 nitrogen and oxygen atoms in total. The quantitative estimate of drug-likeness (QED) is 0.621. The lowest BCUT2D eigenvalue weighted by atomic mass is 10.1. The van der Waals surface area contributed by atoms with Crippen molar-refractivity contribution in [3.8, 4) is 17.2 Å². The van der Waals surface area contributed by atoms with E-state index in [9.17, 15) is 9.59 Å². The van der Waals surface area contributed by atoms with Gasteiger partial charge in [0.25, 0.3) is 5.91 Å². The fourth-order valence-corrected chi connectivity index (χ4v) is 3.27. The summed E-state index contributed by atoms with van der Waals surface area (Å²) in [5.41, 5.74) is 3.67. The first kappa shape index (κ1) is 24.1. The largest absolute Gasteiger partial charge is 0.490 e. The Morgan fingerprint density at radius 2 is 1.52 bits per heavy atom. The predicted octanol–water partition coefficient (Wildman–Crippen LogP) is 3.89. The van der Waals surface area contributed by atoms with Gasteiger partial charge in [-0.1, -0.05) is 17.7 Å². The number of nitrogens with one attached hydrogen (secondary N) is 1. The van der Waals surface area contributed by atoms with Crippen molar-refractivity contribution < 1.29 is 23.8 Å². The summed E-state index contributed by atoms with van der Waals surface area (Å²) in [5, 5.41) is 2.78. The minimum Gasteiger partial charge on any atom is -0.490 e. The average molecular weight is 429 g/mol. The second kappa shape index (κ2) is 11.2. The SMILES string of the molecule is CCOc1ccc(NC(=O)CN(C)C(=O)COc2c(C)cc(C)cc2C)cc1OCC. The first-order valence-corrected chi connectivity index (χ1v) is 10.4. The lowest BCUT2D eigenvalue weighted by Crippen LogP contribution is -2.37. The second-order valence-corrected chi connectivity index (χ2v) is 7.34. The number of hydrogen-bond acceptors (Lipinski definition) is 5. The molecule has 0 aromatic heterocycles. The van der Waals surface area contributed by atoms with E-state index in [-0.39, 0.29) is 25.0 Å². The number of hydrogen-bond donors (Lipinski definition) is 1.